The molecule has 1 aromatic heterocycles. The Morgan fingerprint density at radius 1 is 1.33 bits per heavy atom. The molecule has 4 nitrogen and oxygen atoms in total. The molecule has 1 aliphatic rings. The Hall–Kier alpha value is -1.16. The second-order valence-corrected chi connectivity index (χ2v) is 4.97. The van der Waals surface area contributed by atoms with Crippen LogP contribution < -0.4 is 5.56 Å². The van der Waals surface area contributed by atoms with Crippen molar-refractivity contribution in [1.82, 2.24) is 9.97 Å². The summed E-state index contributed by atoms with van der Waals surface area (Å²) in [7, 11) is 0. The van der Waals surface area contributed by atoms with Gasteiger partial charge in [-0.15, -0.1) is 0 Å². The molecule has 100 valence electrons. The zero-order valence-corrected chi connectivity index (χ0v) is 11.5. The minimum Gasteiger partial charge on any atom is -0.367 e. The maximum absolute atomic E-state index is 12.0. The van der Waals surface area contributed by atoms with Crippen molar-refractivity contribution in [3.63, 3.8) is 0 Å². The van der Waals surface area contributed by atoms with Gasteiger partial charge in [0, 0.05) is 17.9 Å². The van der Waals surface area contributed by atoms with Gasteiger partial charge >= 0.3 is 0 Å². The van der Waals surface area contributed by atoms with Crippen molar-refractivity contribution in [1.29, 1.82) is 0 Å². The molecule has 0 saturated heterocycles. The molecule has 0 aliphatic heterocycles. The van der Waals surface area contributed by atoms with Crippen molar-refractivity contribution >= 4 is 0 Å². The van der Waals surface area contributed by atoms with Crippen LogP contribution in [-0.4, -0.2) is 16.6 Å². The Balaban J connectivity index is 2.46. The first-order chi connectivity index (χ1) is 8.63. The van der Waals surface area contributed by atoms with Crippen LogP contribution in [0.1, 0.15) is 56.6 Å². The molecule has 0 spiro atoms. The SMILES string of the molecule is CCOC1(c2nc(C)c(CC)c(=O)[nH]2)CCCC1. The lowest BCUT2D eigenvalue weighted by atomic mass is 10.0. The maximum atomic E-state index is 12.0. The average Bonchev–Trinajstić information content (AvgIpc) is 2.79. The molecule has 1 saturated carbocycles. The molecular weight excluding hydrogens is 228 g/mol. The van der Waals surface area contributed by atoms with E-state index in [1.54, 1.807) is 0 Å². The van der Waals surface area contributed by atoms with Gasteiger partial charge in [0.05, 0.1) is 0 Å². The van der Waals surface area contributed by atoms with E-state index >= 15 is 0 Å². The van der Waals surface area contributed by atoms with Crippen molar-refractivity contribution in [2.45, 2.75) is 58.5 Å². The molecule has 2 rings (SSSR count). The number of aromatic amines is 1. The molecule has 0 unspecified atom stereocenters. The summed E-state index contributed by atoms with van der Waals surface area (Å²) in [5.74, 6) is 0.724. The Morgan fingerprint density at radius 2 is 2.00 bits per heavy atom. The summed E-state index contributed by atoms with van der Waals surface area (Å²) in [6.07, 6.45) is 4.90. The fourth-order valence-corrected chi connectivity index (χ4v) is 2.91. The molecule has 0 bridgehead atoms. The standard InChI is InChI=1S/C14H22N2O2/c1-4-11-10(3)15-13(16-12(11)17)14(18-5-2)8-6-7-9-14/h4-9H2,1-3H3,(H,15,16,17). The molecule has 0 radical (unpaired) electrons. The van der Waals surface area contributed by atoms with Gasteiger partial charge < -0.3 is 9.72 Å². The van der Waals surface area contributed by atoms with E-state index in [0.717, 1.165) is 49.2 Å². The minimum absolute atomic E-state index is 0.00835. The van der Waals surface area contributed by atoms with Gasteiger partial charge in [-0.25, -0.2) is 4.98 Å². The van der Waals surface area contributed by atoms with Gasteiger partial charge in [0.2, 0.25) is 0 Å². The van der Waals surface area contributed by atoms with Crippen LogP contribution in [0.15, 0.2) is 4.79 Å². The third-order valence-corrected chi connectivity index (χ3v) is 3.84. The first kappa shape index (κ1) is 13.3. The lowest BCUT2D eigenvalue weighted by Gasteiger charge is -2.28. The van der Waals surface area contributed by atoms with E-state index in [1.807, 2.05) is 20.8 Å². The topological polar surface area (TPSA) is 55.0 Å². The van der Waals surface area contributed by atoms with Crippen LogP contribution in [0.3, 0.4) is 0 Å². The zero-order valence-electron chi connectivity index (χ0n) is 11.5. The van der Waals surface area contributed by atoms with Gasteiger partial charge in [-0.2, -0.15) is 0 Å². The zero-order chi connectivity index (χ0) is 13.2. The summed E-state index contributed by atoms with van der Waals surface area (Å²) in [4.78, 5) is 19.6. The van der Waals surface area contributed by atoms with Gasteiger partial charge in [0.25, 0.3) is 5.56 Å². The molecule has 0 atom stereocenters. The fourth-order valence-electron chi connectivity index (χ4n) is 2.91. The third-order valence-electron chi connectivity index (χ3n) is 3.84. The highest BCUT2D eigenvalue weighted by Crippen LogP contribution is 2.40. The molecule has 1 fully saturated rings. The van der Waals surface area contributed by atoms with E-state index in [9.17, 15) is 4.79 Å². The lowest BCUT2D eigenvalue weighted by molar-refractivity contribution is -0.0460. The van der Waals surface area contributed by atoms with Gasteiger partial charge in [-0.05, 0) is 46.0 Å². The lowest BCUT2D eigenvalue weighted by Crippen LogP contribution is -2.33. The van der Waals surface area contributed by atoms with Crippen molar-refractivity contribution in [3.8, 4) is 0 Å². The summed E-state index contributed by atoms with van der Waals surface area (Å²) < 4.78 is 5.93. The number of H-pyrrole nitrogens is 1. The third kappa shape index (κ3) is 2.21. The predicted molar refractivity (Wildman–Crippen MR) is 70.7 cm³/mol. The number of aryl methyl sites for hydroxylation is 1. The summed E-state index contributed by atoms with van der Waals surface area (Å²) in [5.41, 5.74) is 1.25. The molecule has 4 heteroatoms. The van der Waals surface area contributed by atoms with Crippen LogP contribution in [0.2, 0.25) is 0 Å². The van der Waals surface area contributed by atoms with E-state index in [4.69, 9.17) is 4.74 Å². The fraction of sp³-hybridized carbons (Fsp3) is 0.714. The molecule has 1 aromatic rings. The molecule has 18 heavy (non-hydrogen) atoms. The Morgan fingerprint density at radius 3 is 2.50 bits per heavy atom. The van der Waals surface area contributed by atoms with Crippen LogP contribution in [0, 0.1) is 6.92 Å². The molecule has 0 amide bonds. The van der Waals surface area contributed by atoms with Crippen LogP contribution >= 0.6 is 0 Å². The summed E-state index contributed by atoms with van der Waals surface area (Å²) in [6.45, 7) is 6.53. The highest BCUT2D eigenvalue weighted by molar-refractivity contribution is 5.19. The Labute approximate surface area is 108 Å². The average molecular weight is 250 g/mol. The highest BCUT2D eigenvalue weighted by Gasteiger charge is 2.39. The van der Waals surface area contributed by atoms with E-state index in [-0.39, 0.29) is 11.2 Å². The number of hydrogen-bond donors (Lipinski definition) is 1. The number of nitrogens with zero attached hydrogens (tertiary/aromatic N) is 1. The van der Waals surface area contributed by atoms with Crippen molar-refractivity contribution in [3.05, 3.63) is 27.4 Å². The van der Waals surface area contributed by atoms with Gasteiger partial charge in [-0.3, -0.25) is 4.79 Å². The molecular formula is C14H22N2O2. The van der Waals surface area contributed by atoms with Gasteiger partial charge in [-0.1, -0.05) is 6.92 Å². The van der Waals surface area contributed by atoms with Crippen LogP contribution in [0.4, 0.5) is 0 Å². The largest absolute Gasteiger partial charge is 0.367 e. The summed E-state index contributed by atoms with van der Waals surface area (Å²) >= 11 is 0. The molecule has 0 aromatic carbocycles. The number of rotatable bonds is 4. The van der Waals surface area contributed by atoms with Crippen molar-refractivity contribution in [2.75, 3.05) is 6.61 Å². The van der Waals surface area contributed by atoms with E-state index < -0.39 is 0 Å². The smallest absolute Gasteiger partial charge is 0.254 e. The Bertz CT molecular complexity index is 473. The summed E-state index contributed by atoms with van der Waals surface area (Å²) in [6, 6.07) is 0. The maximum Gasteiger partial charge on any atom is 0.254 e. The first-order valence-corrected chi connectivity index (χ1v) is 6.87. The van der Waals surface area contributed by atoms with Crippen molar-refractivity contribution < 1.29 is 4.74 Å². The van der Waals surface area contributed by atoms with Crippen LogP contribution in [0.5, 0.6) is 0 Å². The quantitative estimate of drug-likeness (QED) is 0.893. The Kier molecular flexibility index (Phi) is 3.85. The van der Waals surface area contributed by atoms with Crippen LogP contribution in [0.25, 0.3) is 0 Å². The monoisotopic (exact) mass is 250 g/mol. The van der Waals surface area contributed by atoms with Gasteiger partial charge in [0.1, 0.15) is 11.4 Å². The molecule has 1 aliphatic carbocycles. The number of nitrogens with one attached hydrogen (secondary N) is 1. The van der Waals surface area contributed by atoms with E-state index in [1.165, 1.54) is 0 Å². The van der Waals surface area contributed by atoms with E-state index in [0.29, 0.717) is 6.61 Å². The first-order valence-electron chi connectivity index (χ1n) is 6.87. The second-order valence-electron chi connectivity index (χ2n) is 4.97. The van der Waals surface area contributed by atoms with Gasteiger partial charge in [0.15, 0.2) is 0 Å². The molecule has 1 heterocycles. The number of ether oxygens (including phenoxy) is 1. The number of aromatic nitrogens is 2. The van der Waals surface area contributed by atoms with Crippen molar-refractivity contribution in [2.24, 2.45) is 0 Å². The van der Waals surface area contributed by atoms with E-state index in [2.05, 4.69) is 9.97 Å². The predicted octanol–water partition coefficient (Wildman–Crippen LogP) is 2.45. The molecule has 1 N–H and O–H groups in total. The number of hydrogen-bond acceptors (Lipinski definition) is 3. The highest BCUT2D eigenvalue weighted by atomic mass is 16.5. The normalized spacial score (nSPS) is 18.2. The summed E-state index contributed by atoms with van der Waals surface area (Å²) in [5, 5.41) is 0. The minimum atomic E-state index is -0.356. The van der Waals surface area contributed by atoms with Crippen LogP contribution in [-0.2, 0) is 16.8 Å². The second kappa shape index (κ2) is 5.22.